The minimum Gasteiger partial charge on any atom is -0.476 e. The Morgan fingerprint density at radius 1 is 1.19 bits per heavy atom. The van der Waals surface area contributed by atoms with Crippen LogP contribution in [0, 0.1) is 25.6 Å². The van der Waals surface area contributed by atoms with Crippen LogP contribution in [0.2, 0.25) is 0 Å². The maximum Gasteiger partial charge on any atom is 0.238 e. The van der Waals surface area contributed by atoms with E-state index in [1.807, 2.05) is 18.3 Å². The van der Waals surface area contributed by atoms with Gasteiger partial charge in [0.25, 0.3) is 0 Å². The number of hydrogen-bond donors (Lipinski definition) is 0. The van der Waals surface area contributed by atoms with E-state index < -0.39 is 0 Å². The average Bonchev–Trinajstić information content (AvgIpc) is 3.24. The first kappa shape index (κ1) is 17.1. The van der Waals surface area contributed by atoms with Gasteiger partial charge in [0.1, 0.15) is 11.3 Å². The first-order chi connectivity index (χ1) is 12.6. The molecule has 0 aliphatic heterocycles. The number of nitrogens with zero attached hydrogens (tertiary/aromatic N) is 2. The van der Waals surface area contributed by atoms with Crippen LogP contribution in [0.25, 0.3) is 10.9 Å². The van der Waals surface area contributed by atoms with Gasteiger partial charge in [0.05, 0.1) is 6.61 Å². The van der Waals surface area contributed by atoms with Gasteiger partial charge in [-0.25, -0.2) is 9.37 Å². The monoisotopic (exact) mass is 352 g/mol. The third kappa shape index (κ3) is 3.20. The van der Waals surface area contributed by atoms with E-state index in [2.05, 4.69) is 23.4 Å². The summed E-state index contributed by atoms with van der Waals surface area (Å²) >= 11 is 0. The Bertz CT molecular complexity index is 925. The highest BCUT2D eigenvalue weighted by molar-refractivity contribution is 5.89. The van der Waals surface area contributed by atoms with E-state index in [1.54, 1.807) is 12.1 Å². The van der Waals surface area contributed by atoms with E-state index in [1.165, 1.54) is 43.0 Å². The molecule has 0 bridgehead atoms. The molecule has 0 atom stereocenters. The molecule has 0 radical (unpaired) electrons. The fourth-order valence-electron chi connectivity index (χ4n) is 4.06. The summed E-state index contributed by atoms with van der Waals surface area (Å²) in [7, 11) is 0. The summed E-state index contributed by atoms with van der Waals surface area (Å²) < 4.78 is 22.0. The molecule has 1 aliphatic rings. The van der Waals surface area contributed by atoms with Crippen molar-refractivity contribution in [2.75, 3.05) is 6.61 Å². The number of halogens is 1. The number of benzene rings is 1. The highest BCUT2D eigenvalue weighted by Crippen LogP contribution is 2.33. The van der Waals surface area contributed by atoms with Gasteiger partial charge in [0, 0.05) is 23.8 Å². The van der Waals surface area contributed by atoms with E-state index in [9.17, 15) is 4.39 Å². The number of hydrogen-bond acceptors (Lipinski definition) is 2. The van der Waals surface area contributed by atoms with E-state index in [0.717, 1.165) is 23.1 Å². The van der Waals surface area contributed by atoms with Crippen LogP contribution in [0.5, 0.6) is 5.88 Å². The van der Waals surface area contributed by atoms with Gasteiger partial charge in [-0.15, -0.1) is 0 Å². The molecule has 2 heterocycles. The first-order valence-electron chi connectivity index (χ1n) is 9.45. The highest BCUT2D eigenvalue weighted by atomic mass is 19.1. The fourth-order valence-corrected chi connectivity index (χ4v) is 4.06. The minimum atomic E-state index is -0.204. The van der Waals surface area contributed by atoms with Gasteiger partial charge in [0.15, 0.2) is 0 Å². The largest absolute Gasteiger partial charge is 0.476 e. The molecular weight excluding hydrogens is 327 g/mol. The third-order valence-corrected chi connectivity index (χ3v) is 5.67. The molecule has 0 N–H and O–H groups in total. The van der Waals surface area contributed by atoms with Gasteiger partial charge in [-0.05, 0) is 61.9 Å². The zero-order chi connectivity index (χ0) is 18.1. The Hall–Kier alpha value is -2.36. The molecule has 0 amide bonds. The van der Waals surface area contributed by atoms with Gasteiger partial charge in [-0.3, -0.25) is 0 Å². The minimum absolute atomic E-state index is 0.204. The van der Waals surface area contributed by atoms with Gasteiger partial charge in [-0.1, -0.05) is 25.0 Å². The van der Waals surface area contributed by atoms with Crippen molar-refractivity contribution in [2.24, 2.45) is 5.92 Å². The molecule has 1 aliphatic carbocycles. The van der Waals surface area contributed by atoms with Crippen molar-refractivity contribution in [3.05, 3.63) is 59.2 Å². The summed E-state index contributed by atoms with van der Waals surface area (Å²) in [5.74, 6) is 1.13. The molecule has 0 saturated heterocycles. The van der Waals surface area contributed by atoms with Crippen LogP contribution in [-0.2, 0) is 6.54 Å². The Balaban J connectivity index is 1.72. The van der Waals surface area contributed by atoms with Crippen LogP contribution in [0.4, 0.5) is 4.39 Å². The second kappa shape index (κ2) is 7.10. The predicted octanol–water partition coefficient (Wildman–Crippen LogP) is 5.41. The number of rotatable bonds is 5. The SMILES string of the molecule is Cc1c(C)n(Cc2cccc(F)c2)c2c(OCC3CCCC3)nccc12. The van der Waals surface area contributed by atoms with Gasteiger partial charge < -0.3 is 9.30 Å². The summed E-state index contributed by atoms with van der Waals surface area (Å²) in [6, 6.07) is 8.83. The lowest BCUT2D eigenvalue weighted by Crippen LogP contribution is -2.10. The van der Waals surface area contributed by atoms with E-state index in [4.69, 9.17) is 4.74 Å². The van der Waals surface area contributed by atoms with Crippen molar-refractivity contribution >= 4 is 10.9 Å². The summed E-state index contributed by atoms with van der Waals surface area (Å²) in [4.78, 5) is 4.52. The molecule has 3 nitrogen and oxygen atoms in total. The van der Waals surface area contributed by atoms with Crippen molar-refractivity contribution < 1.29 is 9.13 Å². The number of ether oxygens (including phenoxy) is 1. The molecule has 136 valence electrons. The second-order valence-electron chi connectivity index (χ2n) is 7.40. The first-order valence-corrected chi connectivity index (χ1v) is 9.45. The van der Waals surface area contributed by atoms with Gasteiger partial charge in [0.2, 0.25) is 5.88 Å². The topological polar surface area (TPSA) is 27.1 Å². The lowest BCUT2D eigenvalue weighted by Gasteiger charge is -2.14. The Kier molecular flexibility index (Phi) is 4.66. The number of pyridine rings is 1. The van der Waals surface area contributed by atoms with E-state index in [-0.39, 0.29) is 5.82 Å². The Morgan fingerprint density at radius 3 is 2.77 bits per heavy atom. The van der Waals surface area contributed by atoms with Crippen LogP contribution in [0.1, 0.15) is 42.5 Å². The molecule has 26 heavy (non-hydrogen) atoms. The van der Waals surface area contributed by atoms with Gasteiger partial charge in [-0.2, -0.15) is 0 Å². The molecule has 1 aromatic carbocycles. The fraction of sp³-hybridized carbons (Fsp3) is 0.409. The van der Waals surface area contributed by atoms with Gasteiger partial charge >= 0.3 is 0 Å². The lowest BCUT2D eigenvalue weighted by atomic mass is 10.1. The second-order valence-corrected chi connectivity index (χ2v) is 7.40. The number of aryl methyl sites for hydroxylation is 1. The molecule has 2 aromatic heterocycles. The molecule has 3 aromatic rings. The zero-order valence-electron chi connectivity index (χ0n) is 15.5. The van der Waals surface area contributed by atoms with Crippen molar-refractivity contribution in [3.63, 3.8) is 0 Å². The van der Waals surface area contributed by atoms with Crippen LogP contribution in [0.15, 0.2) is 36.5 Å². The molecule has 4 heteroatoms. The molecule has 1 saturated carbocycles. The average molecular weight is 352 g/mol. The highest BCUT2D eigenvalue weighted by Gasteiger charge is 2.19. The van der Waals surface area contributed by atoms with Crippen LogP contribution in [0.3, 0.4) is 0 Å². The summed E-state index contributed by atoms with van der Waals surface area (Å²) in [5.41, 5.74) is 4.35. The quantitative estimate of drug-likeness (QED) is 0.614. The smallest absolute Gasteiger partial charge is 0.238 e. The lowest BCUT2D eigenvalue weighted by molar-refractivity contribution is 0.245. The van der Waals surface area contributed by atoms with Crippen molar-refractivity contribution in [2.45, 2.75) is 46.1 Å². The molecule has 0 unspecified atom stereocenters. The summed E-state index contributed by atoms with van der Waals surface area (Å²) in [5, 5.41) is 1.16. The van der Waals surface area contributed by atoms with Crippen LogP contribution < -0.4 is 4.74 Å². The van der Waals surface area contributed by atoms with Crippen LogP contribution in [-0.4, -0.2) is 16.2 Å². The zero-order valence-corrected chi connectivity index (χ0v) is 15.5. The van der Waals surface area contributed by atoms with E-state index >= 15 is 0 Å². The third-order valence-electron chi connectivity index (χ3n) is 5.67. The van der Waals surface area contributed by atoms with E-state index in [0.29, 0.717) is 18.3 Å². The molecule has 4 rings (SSSR count). The Morgan fingerprint density at radius 2 is 2.00 bits per heavy atom. The number of fused-ring (bicyclic) bond motifs is 1. The Labute approximate surface area is 153 Å². The molecule has 0 spiro atoms. The standard InChI is InChI=1S/C22H25FN2O/c1-15-16(2)25(13-18-8-5-9-19(23)12-18)21-20(15)10-11-24-22(21)26-14-17-6-3-4-7-17/h5,8-12,17H,3-4,6-7,13-14H2,1-2H3. The molecular formula is C22H25FN2O. The maximum atomic E-state index is 13.6. The summed E-state index contributed by atoms with van der Waals surface area (Å²) in [6.45, 7) is 5.57. The maximum absolute atomic E-state index is 13.6. The predicted molar refractivity (Wildman–Crippen MR) is 102 cm³/mol. The van der Waals surface area contributed by atoms with Crippen molar-refractivity contribution in [3.8, 4) is 5.88 Å². The number of aromatic nitrogens is 2. The van der Waals surface area contributed by atoms with Crippen molar-refractivity contribution in [1.82, 2.24) is 9.55 Å². The summed E-state index contributed by atoms with van der Waals surface area (Å²) in [6.07, 6.45) is 6.93. The normalized spacial score (nSPS) is 15.0. The molecule has 1 fully saturated rings. The van der Waals surface area contributed by atoms with Crippen LogP contribution >= 0.6 is 0 Å². The van der Waals surface area contributed by atoms with Crippen molar-refractivity contribution in [1.29, 1.82) is 0 Å².